The Bertz CT molecular complexity index is 630. The molecule has 0 bridgehead atoms. The minimum Gasteiger partial charge on any atom is -0.361 e. The zero-order chi connectivity index (χ0) is 17.1. The topological polar surface area (TPSA) is 43.4 Å². The van der Waals surface area contributed by atoms with Crippen LogP contribution in [0.1, 0.15) is 41.5 Å². The van der Waals surface area contributed by atoms with E-state index < -0.39 is 11.0 Å². The molecule has 0 aromatic heterocycles. The number of benzene rings is 2. The van der Waals surface area contributed by atoms with Crippen LogP contribution in [-0.2, 0) is 4.74 Å². The molecular formula is C20H22O3. The first kappa shape index (κ1) is 17.1. The highest BCUT2D eigenvalue weighted by Crippen LogP contribution is 2.39. The van der Waals surface area contributed by atoms with Gasteiger partial charge < -0.3 is 4.74 Å². The van der Waals surface area contributed by atoms with Gasteiger partial charge in [0.15, 0.2) is 5.60 Å². The Morgan fingerprint density at radius 1 is 0.739 bits per heavy atom. The van der Waals surface area contributed by atoms with E-state index in [9.17, 15) is 9.59 Å². The standard InChI is InChI=1S/C20H22O3/c1-19(2,3)20(23-4,17(21)15-11-7-5-8-12-15)18(22)16-13-9-6-10-14-16/h5-14H,1-4H3. The van der Waals surface area contributed by atoms with Gasteiger partial charge in [-0.25, -0.2) is 0 Å². The molecule has 0 aliphatic heterocycles. The fourth-order valence-corrected chi connectivity index (χ4v) is 2.86. The van der Waals surface area contributed by atoms with E-state index in [0.29, 0.717) is 11.1 Å². The highest BCUT2D eigenvalue weighted by atomic mass is 16.5. The first-order chi connectivity index (χ1) is 10.8. The van der Waals surface area contributed by atoms with E-state index in [0.717, 1.165) is 0 Å². The maximum atomic E-state index is 13.2. The van der Waals surface area contributed by atoms with E-state index in [-0.39, 0.29) is 11.6 Å². The van der Waals surface area contributed by atoms with Crippen molar-refractivity contribution in [3.8, 4) is 0 Å². The van der Waals surface area contributed by atoms with Crippen molar-refractivity contribution in [3.05, 3.63) is 71.8 Å². The van der Waals surface area contributed by atoms with Crippen molar-refractivity contribution in [2.75, 3.05) is 7.11 Å². The molecule has 0 aliphatic carbocycles. The molecular weight excluding hydrogens is 288 g/mol. The quantitative estimate of drug-likeness (QED) is 0.614. The lowest BCUT2D eigenvalue weighted by molar-refractivity contribution is -0.0417. The zero-order valence-corrected chi connectivity index (χ0v) is 14.0. The maximum Gasteiger partial charge on any atom is 0.203 e. The average molecular weight is 310 g/mol. The lowest BCUT2D eigenvalue weighted by atomic mass is 9.68. The number of ketones is 2. The van der Waals surface area contributed by atoms with E-state index >= 15 is 0 Å². The Hall–Kier alpha value is -2.26. The van der Waals surface area contributed by atoms with E-state index in [2.05, 4.69) is 0 Å². The fourth-order valence-electron chi connectivity index (χ4n) is 2.86. The van der Waals surface area contributed by atoms with Crippen LogP contribution in [0.4, 0.5) is 0 Å². The van der Waals surface area contributed by atoms with Crippen molar-refractivity contribution in [3.63, 3.8) is 0 Å². The fraction of sp³-hybridized carbons (Fsp3) is 0.300. The maximum absolute atomic E-state index is 13.2. The molecule has 0 N–H and O–H groups in total. The predicted molar refractivity (Wildman–Crippen MR) is 90.7 cm³/mol. The van der Waals surface area contributed by atoms with Crippen molar-refractivity contribution in [2.45, 2.75) is 26.4 Å². The number of carbonyl (C=O) groups excluding carboxylic acids is 2. The van der Waals surface area contributed by atoms with Gasteiger partial charge in [0.1, 0.15) is 0 Å². The first-order valence-electron chi connectivity index (χ1n) is 7.59. The molecule has 2 rings (SSSR count). The number of Topliss-reactive ketones (excluding diaryl/α,β-unsaturated/α-hetero) is 2. The number of hydrogen-bond acceptors (Lipinski definition) is 3. The van der Waals surface area contributed by atoms with Crippen molar-refractivity contribution >= 4 is 11.6 Å². The van der Waals surface area contributed by atoms with Crippen LogP contribution in [0.15, 0.2) is 60.7 Å². The largest absolute Gasteiger partial charge is 0.361 e. The highest BCUT2D eigenvalue weighted by molar-refractivity contribution is 6.23. The molecule has 2 aromatic rings. The molecule has 0 amide bonds. The van der Waals surface area contributed by atoms with Gasteiger partial charge in [0.05, 0.1) is 0 Å². The summed E-state index contributed by atoms with van der Waals surface area (Å²) in [5, 5.41) is 0. The summed E-state index contributed by atoms with van der Waals surface area (Å²) in [7, 11) is 1.42. The van der Waals surface area contributed by atoms with E-state index in [1.807, 2.05) is 32.9 Å². The van der Waals surface area contributed by atoms with Crippen molar-refractivity contribution < 1.29 is 14.3 Å². The molecule has 2 aromatic carbocycles. The summed E-state index contributed by atoms with van der Waals surface area (Å²) in [4.78, 5) is 26.4. The summed E-state index contributed by atoms with van der Waals surface area (Å²) in [6, 6.07) is 17.6. The van der Waals surface area contributed by atoms with Crippen LogP contribution >= 0.6 is 0 Å². The lowest BCUT2D eigenvalue weighted by Crippen LogP contribution is -2.57. The van der Waals surface area contributed by atoms with Gasteiger partial charge in [0.25, 0.3) is 0 Å². The summed E-state index contributed by atoms with van der Waals surface area (Å²) < 4.78 is 5.64. The molecule has 0 aliphatic rings. The van der Waals surface area contributed by atoms with Crippen molar-refractivity contribution in [2.24, 2.45) is 5.41 Å². The number of carbonyl (C=O) groups is 2. The molecule has 0 unspecified atom stereocenters. The number of ether oxygens (including phenoxy) is 1. The Kier molecular flexibility index (Phi) is 4.81. The normalized spacial score (nSPS) is 12.0. The SMILES string of the molecule is COC(C(=O)c1ccccc1)(C(=O)c1ccccc1)C(C)(C)C. The van der Waals surface area contributed by atoms with Crippen molar-refractivity contribution in [1.82, 2.24) is 0 Å². The van der Waals surface area contributed by atoms with Crippen LogP contribution in [0, 0.1) is 5.41 Å². The Morgan fingerprint density at radius 3 is 1.35 bits per heavy atom. The third-order valence-corrected chi connectivity index (χ3v) is 4.07. The first-order valence-corrected chi connectivity index (χ1v) is 7.59. The number of rotatable bonds is 5. The van der Waals surface area contributed by atoms with Crippen LogP contribution in [0.5, 0.6) is 0 Å². The van der Waals surface area contributed by atoms with Gasteiger partial charge >= 0.3 is 0 Å². The Balaban J connectivity index is 2.62. The van der Waals surface area contributed by atoms with Crippen LogP contribution in [0.3, 0.4) is 0 Å². The summed E-state index contributed by atoms with van der Waals surface area (Å²) >= 11 is 0. The van der Waals surface area contributed by atoms with Crippen LogP contribution < -0.4 is 0 Å². The Labute approximate surface area is 137 Å². The van der Waals surface area contributed by atoms with E-state index in [1.165, 1.54) is 7.11 Å². The lowest BCUT2D eigenvalue weighted by Gasteiger charge is -2.40. The molecule has 0 heterocycles. The van der Waals surface area contributed by atoms with Crippen LogP contribution in [0.25, 0.3) is 0 Å². The monoisotopic (exact) mass is 310 g/mol. The average Bonchev–Trinajstić information content (AvgIpc) is 2.56. The predicted octanol–water partition coefficient (Wildman–Crippen LogP) is 4.18. The van der Waals surface area contributed by atoms with Crippen LogP contribution in [-0.4, -0.2) is 24.3 Å². The molecule has 120 valence electrons. The summed E-state index contributed by atoms with van der Waals surface area (Å²) in [5.41, 5.74) is -1.35. The van der Waals surface area contributed by atoms with Crippen LogP contribution in [0.2, 0.25) is 0 Å². The molecule has 3 nitrogen and oxygen atoms in total. The second-order valence-corrected chi connectivity index (χ2v) is 6.53. The van der Waals surface area contributed by atoms with Gasteiger partial charge in [-0.1, -0.05) is 81.4 Å². The molecule has 23 heavy (non-hydrogen) atoms. The third-order valence-electron chi connectivity index (χ3n) is 4.07. The van der Waals surface area contributed by atoms with E-state index in [1.54, 1.807) is 48.5 Å². The smallest absolute Gasteiger partial charge is 0.203 e. The minimum atomic E-state index is -1.57. The van der Waals surface area contributed by atoms with Gasteiger partial charge in [0.2, 0.25) is 11.6 Å². The zero-order valence-electron chi connectivity index (χ0n) is 14.0. The highest BCUT2D eigenvalue weighted by Gasteiger charge is 2.55. The number of methoxy groups -OCH3 is 1. The molecule has 0 fully saturated rings. The van der Waals surface area contributed by atoms with Gasteiger partial charge in [-0.3, -0.25) is 9.59 Å². The molecule has 0 atom stereocenters. The molecule has 0 saturated heterocycles. The van der Waals surface area contributed by atoms with Gasteiger partial charge in [0, 0.05) is 23.7 Å². The molecule has 0 spiro atoms. The second-order valence-electron chi connectivity index (χ2n) is 6.53. The summed E-state index contributed by atoms with van der Waals surface area (Å²) in [6.45, 7) is 5.54. The van der Waals surface area contributed by atoms with Gasteiger partial charge in [-0.05, 0) is 0 Å². The van der Waals surface area contributed by atoms with Gasteiger partial charge in [-0.2, -0.15) is 0 Å². The second kappa shape index (κ2) is 6.47. The summed E-state index contributed by atoms with van der Waals surface area (Å²) in [6.07, 6.45) is 0. The molecule has 0 saturated carbocycles. The minimum absolute atomic E-state index is 0.318. The van der Waals surface area contributed by atoms with Gasteiger partial charge in [-0.15, -0.1) is 0 Å². The van der Waals surface area contributed by atoms with Crippen molar-refractivity contribution in [1.29, 1.82) is 0 Å². The Morgan fingerprint density at radius 2 is 1.09 bits per heavy atom. The summed E-state index contributed by atoms with van der Waals surface area (Å²) in [5.74, 6) is -0.635. The molecule has 3 heteroatoms. The molecule has 0 radical (unpaired) electrons. The van der Waals surface area contributed by atoms with E-state index in [4.69, 9.17) is 4.74 Å². The number of hydrogen-bond donors (Lipinski definition) is 0. The third kappa shape index (κ3) is 2.97.